The SMILES string of the molecule is CS(=O)(=O)NCCn1nc[nH]c(=O)c1=O. The molecule has 0 aliphatic rings. The molecule has 9 heteroatoms. The van der Waals surface area contributed by atoms with E-state index in [1.165, 1.54) is 0 Å². The lowest BCUT2D eigenvalue weighted by Crippen LogP contribution is -2.39. The smallest absolute Gasteiger partial charge is 0.307 e. The van der Waals surface area contributed by atoms with E-state index in [-0.39, 0.29) is 13.1 Å². The lowest BCUT2D eigenvalue weighted by atomic mass is 10.6. The molecule has 15 heavy (non-hydrogen) atoms. The topological polar surface area (TPSA) is 114 Å². The van der Waals surface area contributed by atoms with E-state index in [1.54, 1.807) is 0 Å². The normalized spacial score (nSPS) is 11.5. The molecule has 0 fully saturated rings. The van der Waals surface area contributed by atoms with E-state index >= 15 is 0 Å². The Labute approximate surface area is 85.0 Å². The standard InChI is InChI=1S/C6H10N4O4S/c1-15(13,14)9-2-3-10-6(12)5(11)7-4-8-10/h4,9H,2-3H2,1H3,(H,7,8,11). The average molecular weight is 234 g/mol. The van der Waals surface area contributed by atoms with Crippen molar-refractivity contribution in [3.63, 3.8) is 0 Å². The lowest BCUT2D eigenvalue weighted by molar-refractivity contribution is 0.542. The number of hydrogen-bond acceptors (Lipinski definition) is 5. The van der Waals surface area contributed by atoms with Gasteiger partial charge in [-0.05, 0) is 0 Å². The molecule has 1 aromatic rings. The number of aromatic amines is 1. The van der Waals surface area contributed by atoms with Gasteiger partial charge in [-0.1, -0.05) is 0 Å². The van der Waals surface area contributed by atoms with Crippen molar-refractivity contribution in [2.75, 3.05) is 12.8 Å². The van der Waals surface area contributed by atoms with Crippen LogP contribution in [0, 0.1) is 0 Å². The number of sulfonamides is 1. The van der Waals surface area contributed by atoms with Gasteiger partial charge >= 0.3 is 11.1 Å². The van der Waals surface area contributed by atoms with Gasteiger partial charge in [0.25, 0.3) is 0 Å². The zero-order valence-electron chi connectivity index (χ0n) is 7.93. The summed E-state index contributed by atoms with van der Waals surface area (Å²) in [5, 5.41) is 3.57. The summed E-state index contributed by atoms with van der Waals surface area (Å²) >= 11 is 0. The Bertz CT molecular complexity index is 543. The molecule has 0 amide bonds. The first kappa shape index (κ1) is 11.6. The van der Waals surface area contributed by atoms with Gasteiger partial charge in [-0.2, -0.15) is 5.10 Å². The third-order valence-electron chi connectivity index (χ3n) is 1.51. The van der Waals surface area contributed by atoms with E-state index in [9.17, 15) is 18.0 Å². The number of nitrogens with zero attached hydrogens (tertiary/aromatic N) is 2. The van der Waals surface area contributed by atoms with Gasteiger partial charge in [0.1, 0.15) is 6.33 Å². The first-order chi connectivity index (χ1) is 6.90. The van der Waals surface area contributed by atoms with Gasteiger partial charge < -0.3 is 4.98 Å². The average Bonchev–Trinajstić information content (AvgIpc) is 2.10. The molecule has 0 aliphatic heterocycles. The summed E-state index contributed by atoms with van der Waals surface area (Å²) in [6.07, 6.45) is 2.07. The fourth-order valence-electron chi connectivity index (χ4n) is 0.885. The molecule has 84 valence electrons. The number of nitrogens with one attached hydrogen (secondary N) is 2. The molecule has 1 aromatic heterocycles. The molecule has 1 rings (SSSR count). The highest BCUT2D eigenvalue weighted by atomic mass is 32.2. The zero-order valence-corrected chi connectivity index (χ0v) is 8.74. The molecule has 0 aromatic carbocycles. The summed E-state index contributed by atoms with van der Waals surface area (Å²) in [4.78, 5) is 24.0. The molecule has 0 saturated carbocycles. The number of aromatic nitrogens is 3. The Morgan fingerprint density at radius 3 is 2.80 bits per heavy atom. The van der Waals surface area contributed by atoms with Crippen molar-refractivity contribution in [3.05, 3.63) is 27.0 Å². The molecule has 0 bridgehead atoms. The highest BCUT2D eigenvalue weighted by Gasteiger charge is 2.03. The first-order valence-electron chi connectivity index (χ1n) is 3.99. The quantitative estimate of drug-likeness (QED) is 0.558. The maximum atomic E-state index is 11.1. The van der Waals surface area contributed by atoms with Crippen LogP contribution in [0.5, 0.6) is 0 Å². The van der Waals surface area contributed by atoms with Gasteiger partial charge in [-0.15, -0.1) is 0 Å². The van der Waals surface area contributed by atoms with Crippen LogP contribution in [0.4, 0.5) is 0 Å². The van der Waals surface area contributed by atoms with E-state index in [4.69, 9.17) is 0 Å². The summed E-state index contributed by atoms with van der Waals surface area (Å²) in [5.41, 5.74) is -1.60. The second-order valence-electron chi connectivity index (χ2n) is 2.81. The lowest BCUT2D eigenvalue weighted by Gasteiger charge is -2.03. The van der Waals surface area contributed by atoms with Gasteiger partial charge in [-0.25, -0.2) is 17.8 Å². The van der Waals surface area contributed by atoms with Crippen molar-refractivity contribution in [2.24, 2.45) is 0 Å². The van der Waals surface area contributed by atoms with E-state index < -0.39 is 21.1 Å². The molecule has 2 N–H and O–H groups in total. The van der Waals surface area contributed by atoms with Gasteiger partial charge in [0.15, 0.2) is 0 Å². The minimum atomic E-state index is -3.30. The Kier molecular flexibility index (Phi) is 3.37. The van der Waals surface area contributed by atoms with Crippen LogP contribution in [0.25, 0.3) is 0 Å². The van der Waals surface area contributed by atoms with Crippen LogP contribution in [0.15, 0.2) is 15.9 Å². The van der Waals surface area contributed by atoms with E-state index in [1.807, 2.05) is 0 Å². The molecule has 0 aliphatic carbocycles. The molecule has 8 nitrogen and oxygen atoms in total. The maximum absolute atomic E-state index is 11.1. The minimum absolute atomic E-state index is 0.00912. The Morgan fingerprint density at radius 2 is 2.20 bits per heavy atom. The largest absolute Gasteiger partial charge is 0.332 e. The predicted octanol–water partition coefficient (Wildman–Crippen LogP) is -2.52. The highest BCUT2D eigenvalue weighted by Crippen LogP contribution is 1.75. The Balaban J connectivity index is 2.71. The first-order valence-corrected chi connectivity index (χ1v) is 5.89. The molecular formula is C6H10N4O4S. The third-order valence-corrected chi connectivity index (χ3v) is 2.24. The zero-order chi connectivity index (χ0) is 11.5. The van der Waals surface area contributed by atoms with E-state index in [0.29, 0.717) is 0 Å². The second-order valence-corrected chi connectivity index (χ2v) is 4.65. The van der Waals surface area contributed by atoms with Crippen LogP contribution < -0.4 is 15.8 Å². The van der Waals surface area contributed by atoms with Crippen LogP contribution in [-0.2, 0) is 16.6 Å². The van der Waals surface area contributed by atoms with E-state index in [0.717, 1.165) is 17.3 Å². The maximum Gasteiger partial charge on any atom is 0.332 e. The van der Waals surface area contributed by atoms with E-state index in [2.05, 4.69) is 14.8 Å². The molecule has 0 radical (unpaired) electrons. The summed E-state index contributed by atoms with van der Waals surface area (Å²) in [7, 11) is -3.30. The summed E-state index contributed by atoms with van der Waals surface area (Å²) < 4.78 is 24.4. The van der Waals surface area contributed by atoms with Crippen LogP contribution in [-0.4, -0.2) is 36.0 Å². The predicted molar refractivity (Wildman–Crippen MR) is 52.0 cm³/mol. The Hall–Kier alpha value is -1.48. The van der Waals surface area contributed by atoms with Crippen molar-refractivity contribution in [2.45, 2.75) is 6.54 Å². The van der Waals surface area contributed by atoms with Crippen LogP contribution in [0.3, 0.4) is 0 Å². The summed E-state index contributed by atoms with van der Waals surface area (Å²) in [6, 6.07) is 0. The van der Waals surface area contributed by atoms with Crippen LogP contribution in [0.2, 0.25) is 0 Å². The Morgan fingerprint density at radius 1 is 1.53 bits per heavy atom. The molecule has 0 unspecified atom stereocenters. The van der Waals surface area contributed by atoms with Crippen LogP contribution >= 0.6 is 0 Å². The van der Waals surface area contributed by atoms with Crippen molar-refractivity contribution in [1.29, 1.82) is 0 Å². The fourth-order valence-corrected chi connectivity index (χ4v) is 1.35. The van der Waals surface area contributed by atoms with Crippen molar-refractivity contribution in [1.82, 2.24) is 19.5 Å². The highest BCUT2D eigenvalue weighted by molar-refractivity contribution is 7.88. The molecule has 0 saturated heterocycles. The number of rotatable bonds is 4. The van der Waals surface area contributed by atoms with Gasteiger partial charge in [0.05, 0.1) is 12.8 Å². The second kappa shape index (κ2) is 4.36. The number of hydrogen-bond donors (Lipinski definition) is 2. The summed E-state index contributed by atoms with van der Waals surface area (Å²) in [6.45, 7) is 0.0189. The minimum Gasteiger partial charge on any atom is -0.307 e. The third kappa shape index (κ3) is 3.64. The van der Waals surface area contributed by atoms with Gasteiger partial charge in [-0.3, -0.25) is 9.59 Å². The van der Waals surface area contributed by atoms with Gasteiger partial charge in [0.2, 0.25) is 10.0 Å². The van der Waals surface area contributed by atoms with Crippen molar-refractivity contribution in [3.8, 4) is 0 Å². The molecule has 0 atom stereocenters. The molecule has 1 heterocycles. The molecule has 0 spiro atoms. The fraction of sp³-hybridized carbons (Fsp3) is 0.500. The van der Waals surface area contributed by atoms with Crippen LogP contribution in [0.1, 0.15) is 0 Å². The van der Waals surface area contributed by atoms with Crippen molar-refractivity contribution >= 4 is 10.0 Å². The monoisotopic (exact) mass is 234 g/mol. The molecular weight excluding hydrogens is 224 g/mol. The summed E-state index contributed by atoms with van der Waals surface area (Å²) in [5.74, 6) is 0. The van der Waals surface area contributed by atoms with Gasteiger partial charge in [0, 0.05) is 6.54 Å². The number of H-pyrrole nitrogens is 1. The van der Waals surface area contributed by atoms with Crippen molar-refractivity contribution < 1.29 is 8.42 Å².